The Morgan fingerprint density at radius 3 is 2.46 bits per heavy atom. The Labute approximate surface area is 142 Å². The highest BCUT2D eigenvalue weighted by atomic mass is 35.5. The van der Waals surface area contributed by atoms with Crippen LogP contribution in [0.25, 0.3) is 5.70 Å². The molecule has 8 nitrogen and oxygen atoms in total. The summed E-state index contributed by atoms with van der Waals surface area (Å²) < 4.78 is 10.9. The SMILES string of the molecule is C#CCn1c(=O)c(Cl)cn(/C(=C\C(=O)OCC)C(=O)OCC)c1=O. The van der Waals surface area contributed by atoms with Crippen LogP contribution in [0.15, 0.2) is 21.9 Å². The molecule has 0 atom stereocenters. The highest BCUT2D eigenvalue weighted by Crippen LogP contribution is 2.08. The van der Waals surface area contributed by atoms with Gasteiger partial charge in [-0.25, -0.2) is 19.0 Å². The van der Waals surface area contributed by atoms with Crippen molar-refractivity contribution in [2.45, 2.75) is 20.4 Å². The molecule has 0 unspecified atom stereocenters. The predicted octanol–water partition coefficient (Wildman–Crippen LogP) is 0.264. The first kappa shape index (κ1) is 19.3. The van der Waals surface area contributed by atoms with Crippen LogP contribution < -0.4 is 11.2 Å². The van der Waals surface area contributed by atoms with E-state index < -0.39 is 28.9 Å². The summed E-state index contributed by atoms with van der Waals surface area (Å²) in [6.07, 6.45) is 6.82. The first-order valence-electron chi connectivity index (χ1n) is 6.88. The van der Waals surface area contributed by atoms with Gasteiger partial charge in [0.25, 0.3) is 5.56 Å². The fourth-order valence-corrected chi connectivity index (χ4v) is 1.90. The van der Waals surface area contributed by atoms with Gasteiger partial charge in [-0.2, -0.15) is 0 Å². The lowest BCUT2D eigenvalue weighted by molar-refractivity contribution is -0.139. The molecule has 0 radical (unpaired) electrons. The summed E-state index contributed by atoms with van der Waals surface area (Å²) >= 11 is 5.79. The minimum atomic E-state index is -0.963. The molecule has 0 saturated heterocycles. The minimum absolute atomic E-state index is 0.00543. The van der Waals surface area contributed by atoms with Crippen molar-refractivity contribution in [3.63, 3.8) is 0 Å². The molecule has 0 spiro atoms. The number of rotatable bonds is 6. The van der Waals surface area contributed by atoms with Gasteiger partial charge in [0.05, 0.1) is 25.8 Å². The second-order valence-electron chi connectivity index (χ2n) is 4.23. The van der Waals surface area contributed by atoms with Crippen molar-refractivity contribution in [1.82, 2.24) is 9.13 Å². The van der Waals surface area contributed by atoms with Gasteiger partial charge in [0.2, 0.25) is 0 Å². The van der Waals surface area contributed by atoms with Crippen LogP contribution in [0, 0.1) is 12.3 Å². The molecule has 1 heterocycles. The topological polar surface area (TPSA) is 96.6 Å². The van der Waals surface area contributed by atoms with Crippen LogP contribution in [-0.4, -0.2) is 34.3 Å². The molecule has 0 N–H and O–H groups in total. The fraction of sp³-hybridized carbons (Fsp3) is 0.333. The summed E-state index contributed by atoms with van der Waals surface area (Å²) in [4.78, 5) is 48.0. The lowest BCUT2D eigenvalue weighted by Gasteiger charge is -2.12. The molecule has 0 aliphatic heterocycles. The normalized spacial score (nSPS) is 10.8. The van der Waals surface area contributed by atoms with Gasteiger partial charge in [-0.15, -0.1) is 6.42 Å². The average Bonchev–Trinajstić information content (AvgIpc) is 2.53. The number of terminal acetylenes is 1. The quantitative estimate of drug-likeness (QED) is 0.413. The van der Waals surface area contributed by atoms with Crippen LogP contribution in [0.1, 0.15) is 13.8 Å². The monoisotopic (exact) mass is 354 g/mol. The zero-order valence-corrected chi connectivity index (χ0v) is 13.8. The van der Waals surface area contributed by atoms with Crippen LogP contribution in [0.4, 0.5) is 0 Å². The number of carbonyl (C=O) groups is 2. The molecule has 9 heteroatoms. The summed E-state index contributed by atoms with van der Waals surface area (Å²) in [5.41, 5.74) is -2.20. The number of hydrogen-bond acceptors (Lipinski definition) is 6. The average molecular weight is 355 g/mol. The second-order valence-corrected chi connectivity index (χ2v) is 4.63. The molecule has 0 amide bonds. The molecule has 0 aromatic carbocycles. The van der Waals surface area contributed by atoms with E-state index in [2.05, 4.69) is 5.92 Å². The Kier molecular flexibility index (Phi) is 7.01. The molecule has 0 fully saturated rings. The highest BCUT2D eigenvalue weighted by molar-refractivity contribution is 6.30. The van der Waals surface area contributed by atoms with Crippen molar-refractivity contribution in [2.24, 2.45) is 0 Å². The van der Waals surface area contributed by atoms with Crippen molar-refractivity contribution in [3.8, 4) is 12.3 Å². The van der Waals surface area contributed by atoms with Gasteiger partial charge in [-0.1, -0.05) is 17.5 Å². The molecule has 128 valence electrons. The number of nitrogens with zero attached hydrogens (tertiary/aromatic N) is 2. The van der Waals surface area contributed by atoms with Gasteiger partial charge in [0.15, 0.2) is 0 Å². The number of aromatic nitrogens is 2. The maximum Gasteiger partial charge on any atom is 0.355 e. The molecule has 0 saturated carbocycles. The first-order chi connectivity index (χ1) is 11.4. The largest absolute Gasteiger partial charge is 0.463 e. The van der Waals surface area contributed by atoms with E-state index in [1.54, 1.807) is 13.8 Å². The van der Waals surface area contributed by atoms with E-state index in [-0.39, 0.29) is 24.8 Å². The molecule has 0 bridgehead atoms. The predicted molar refractivity (Wildman–Crippen MR) is 86.3 cm³/mol. The molecule has 1 aromatic heterocycles. The minimum Gasteiger partial charge on any atom is -0.463 e. The van der Waals surface area contributed by atoms with E-state index in [0.29, 0.717) is 4.57 Å². The maximum absolute atomic E-state index is 12.4. The molecular weight excluding hydrogens is 340 g/mol. The van der Waals surface area contributed by atoms with Crippen molar-refractivity contribution < 1.29 is 19.1 Å². The number of carbonyl (C=O) groups excluding carboxylic acids is 2. The molecule has 0 aliphatic carbocycles. The van der Waals surface area contributed by atoms with Crippen molar-refractivity contribution >= 4 is 29.2 Å². The second kappa shape index (κ2) is 8.74. The highest BCUT2D eigenvalue weighted by Gasteiger charge is 2.20. The standard InChI is InChI=1S/C15H15ClN2O6/c1-4-7-17-13(20)10(16)9-18(15(17)22)11(14(21)24-6-3)8-12(19)23-5-2/h1,8-9H,5-7H2,2-3H3/b11-8-. The first-order valence-corrected chi connectivity index (χ1v) is 7.26. The van der Waals surface area contributed by atoms with E-state index in [9.17, 15) is 19.2 Å². The summed E-state index contributed by atoms with van der Waals surface area (Å²) in [7, 11) is 0. The van der Waals surface area contributed by atoms with Crippen LogP contribution in [-0.2, 0) is 25.6 Å². The Morgan fingerprint density at radius 2 is 1.92 bits per heavy atom. The van der Waals surface area contributed by atoms with Crippen LogP contribution in [0.5, 0.6) is 0 Å². The maximum atomic E-state index is 12.4. The van der Waals surface area contributed by atoms with E-state index in [0.717, 1.165) is 16.8 Å². The Balaban J connectivity index is 3.63. The summed E-state index contributed by atoms with van der Waals surface area (Å²) in [5.74, 6) is 0.312. The molecular formula is C15H15ClN2O6. The van der Waals surface area contributed by atoms with Gasteiger partial charge in [-0.05, 0) is 13.8 Å². The third-order valence-electron chi connectivity index (χ3n) is 2.66. The third kappa shape index (κ3) is 4.36. The number of halogens is 1. The Hall–Kier alpha value is -2.79. The summed E-state index contributed by atoms with van der Waals surface area (Å²) in [6, 6.07) is 0. The number of esters is 2. The van der Waals surface area contributed by atoms with Crippen molar-refractivity contribution in [1.29, 1.82) is 0 Å². The van der Waals surface area contributed by atoms with Gasteiger partial charge in [0.1, 0.15) is 10.7 Å². The Morgan fingerprint density at radius 1 is 1.29 bits per heavy atom. The third-order valence-corrected chi connectivity index (χ3v) is 2.92. The van der Waals surface area contributed by atoms with Gasteiger partial charge >= 0.3 is 17.6 Å². The number of hydrogen-bond donors (Lipinski definition) is 0. The molecule has 24 heavy (non-hydrogen) atoms. The van der Waals surface area contributed by atoms with E-state index in [4.69, 9.17) is 27.5 Å². The van der Waals surface area contributed by atoms with E-state index in [1.807, 2.05) is 0 Å². The summed E-state index contributed by atoms with van der Waals surface area (Å²) in [5, 5.41) is -0.357. The van der Waals surface area contributed by atoms with Gasteiger partial charge in [-0.3, -0.25) is 9.36 Å². The summed E-state index contributed by atoms with van der Waals surface area (Å²) in [6.45, 7) is 2.84. The molecule has 1 aromatic rings. The lowest BCUT2D eigenvalue weighted by Crippen LogP contribution is -2.40. The smallest absolute Gasteiger partial charge is 0.355 e. The zero-order chi connectivity index (χ0) is 18.3. The van der Waals surface area contributed by atoms with Crippen molar-refractivity contribution in [3.05, 3.63) is 38.1 Å². The van der Waals surface area contributed by atoms with Crippen molar-refractivity contribution in [2.75, 3.05) is 13.2 Å². The van der Waals surface area contributed by atoms with E-state index >= 15 is 0 Å². The van der Waals surface area contributed by atoms with Crippen LogP contribution in [0.3, 0.4) is 0 Å². The van der Waals surface area contributed by atoms with Gasteiger partial charge < -0.3 is 9.47 Å². The zero-order valence-electron chi connectivity index (χ0n) is 13.1. The number of ether oxygens (including phenoxy) is 2. The van der Waals surface area contributed by atoms with Crippen LogP contribution in [0.2, 0.25) is 5.02 Å². The Bertz CT molecular complexity index is 828. The molecule has 0 aliphatic rings. The van der Waals surface area contributed by atoms with Gasteiger partial charge in [0, 0.05) is 6.20 Å². The fourth-order valence-electron chi connectivity index (χ4n) is 1.70. The lowest BCUT2D eigenvalue weighted by atomic mass is 10.3. The van der Waals surface area contributed by atoms with Crippen LogP contribution >= 0.6 is 11.6 Å². The molecule has 1 rings (SSSR count). The van der Waals surface area contributed by atoms with E-state index in [1.165, 1.54) is 0 Å².